The highest BCUT2D eigenvalue weighted by Crippen LogP contribution is 2.12. The summed E-state index contributed by atoms with van der Waals surface area (Å²) >= 11 is 0. The van der Waals surface area contributed by atoms with E-state index in [9.17, 15) is 19.5 Å². The molecule has 0 aliphatic heterocycles. The minimum atomic E-state index is -1.61. The molecule has 0 heterocycles. The molecule has 0 saturated carbocycles. The van der Waals surface area contributed by atoms with Crippen molar-refractivity contribution in [1.82, 2.24) is 5.32 Å². The predicted molar refractivity (Wildman–Crippen MR) is 98.9 cm³/mol. The van der Waals surface area contributed by atoms with Crippen molar-refractivity contribution in [2.75, 3.05) is 0 Å². The molecule has 0 spiro atoms. The number of carboxylic acids is 1. The van der Waals surface area contributed by atoms with Gasteiger partial charge < -0.3 is 26.0 Å². The van der Waals surface area contributed by atoms with E-state index in [0.29, 0.717) is 12.8 Å². The van der Waals surface area contributed by atoms with E-state index in [1.165, 1.54) is 0 Å². The van der Waals surface area contributed by atoms with E-state index in [0.717, 1.165) is 5.56 Å². The SMILES string of the molecule is CC(C)CCC(NC(=O)OCc1ccccc1)C(O)C(=O)[C@@H](N)CC(=O)O. The van der Waals surface area contributed by atoms with E-state index in [4.69, 9.17) is 15.6 Å². The second-order valence-electron chi connectivity index (χ2n) is 6.84. The molecule has 3 atom stereocenters. The second-order valence-corrected chi connectivity index (χ2v) is 6.84. The van der Waals surface area contributed by atoms with Crippen LogP contribution >= 0.6 is 0 Å². The van der Waals surface area contributed by atoms with E-state index < -0.39 is 42.5 Å². The molecule has 0 saturated heterocycles. The third-order valence-corrected chi connectivity index (χ3v) is 4.00. The number of aliphatic hydroxyl groups is 1. The van der Waals surface area contributed by atoms with Gasteiger partial charge in [0.1, 0.15) is 12.7 Å². The van der Waals surface area contributed by atoms with Crippen LogP contribution in [-0.4, -0.2) is 46.2 Å². The van der Waals surface area contributed by atoms with Gasteiger partial charge in [0.25, 0.3) is 0 Å². The van der Waals surface area contributed by atoms with Gasteiger partial charge >= 0.3 is 12.1 Å². The number of benzene rings is 1. The van der Waals surface area contributed by atoms with Gasteiger partial charge in [0.05, 0.1) is 18.5 Å². The van der Waals surface area contributed by atoms with Gasteiger partial charge in [-0.15, -0.1) is 0 Å². The molecule has 2 unspecified atom stereocenters. The maximum Gasteiger partial charge on any atom is 0.407 e. The fourth-order valence-electron chi connectivity index (χ4n) is 2.44. The summed E-state index contributed by atoms with van der Waals surface area (Å²) in [4.78, 5) is 35.0. The third-order valence-electron chi connectivity index (χ3n) is 4.00. The number of carboxylic acid groups (broad SMARTS) is 1. The minimum Gasteiger partial charge on any atom is -0.481 e. The lowest BCUT2D eigenvalue weighted by Gasteiger charge is -2.25. The Bertz CT molecular complexity index is 620. The quantitative estimate of drug-likeness (QED) is 0.455. The lowest BCUT2D eigenvalue weighted by Crippen LogP contribution is -2.52. The predicted octanol–water partition coefficient (Wildman–Crippen LogP) is 1.45. The maximum absolute atomic E-state index is 12.2. The van der Waals surface area contributed by atoms with Crippen LogP contribution in [0.4, 0.5) is 4.79 Å². The van der Waals surface area contributed by atoms with Gasteiger partial charge in [-0.1, -0.05) is 44.2 Å². The molecule has 1 amide bonds. The van der Waals surface area contributed by atoms with Crippen molar-refractivity contribution >= 4 is 17.8 Å². The number of ether oxygens (including phenoxy) is 1. The number of amides is 1. The van der Waals surface area contributed by atoms with Crippen LogP contribution in [0.2, 0.25) is 0 Å². The van der Waals surface area contributed by atoms with Crippen molar-refractivity contribution in [2.45, 2.75) is 57.9 Å². The average molecular weight is 380 g/mol. The Kier molecular flexibility index (Phi) is 9.46. The van der Waals surface area contributed by atoms with Crippen molar-refractivity contribution in [3.63, 3.8) is 0 Å². The summed E-state index contributed by atoms with van der Waals surface area (Å²) in [5, 5.41) is 21.6. The number of carbonyl (C=O) groups excluding carboxylic acids is 2. The number of alkyl carbamates (subject to hydrolysis) is 1. The maximum atomic E-state index is 12.2. The molecule has 5 N–H and O–H groups in total. The summed E-state index contributed by atoms with van der Waals surface area (Å²) in [5.41, 5.74) is 6.34. The van der Waals surface area contributed by atoms with Crippen LogP contribution in [0.3, 0.4) is 0 Å². The number of hydrogen-bond acceptors (Lipinski definition) is 6. The number of ketones is 1. The van der Waals surface area contributed by atoms with Gasteiger partial charge in [0.2, 0.25) is 0 Å². The van der Waals surface area contributed by atoms with E-state index in [1.54, 1.807) is 12.1 Å². The number of aliphatic carboxylic acids is 1. The fraction of sp³-hybridized carbons (Fsp3) is 0.526. The topological polar surface area (TPSA) is 139 Å². The molecule has 0 aliphatic carbocycles. The van der Waals surface area contributed by atoms with Crippen LogP contribution < -0.4 is 11.1 Å². The van der Waals surface area contributed by atoms with Gasteiger partial charge in [0, 0.05) is 0 Å². The Morgan fingerprint density at radius 3 is 2.33 bits per heavy atom. The zero-order chi connectivity index (χ0) is 20.4. The van der Waals surface area contributed by atoms with Crippen molar-refractivity contribution in [3.8, 4) is 0 Å². The number of nitrogens with two attached hydrogens (primary N) is 1. The largest absolute Gasteiger partial charge is 0.481 e. The van der Waals surface area contributed by atoms with Crippen molar-refractivity contribution in [2.24, 2.45) is 11.7 Å². The molecular formula is C19H28N2O6. The number of hydrogen-bond donors (Lipinski definition) is 4. The molecule has 8 heteroatoms. The van der Waals surface area contributed by atoms with E-state index in [1.807, 2.05) is 32.0 Å². The average Bonchev–Trinajstić information content (AvgIpc) is 2.62. The normalized spacial score (nSPS) is 14.3. The van der Waals surface area contributed by atoms with Crippen LogP contribution in [-0.2, 0) is 20.9 Å². The highest BCUT2D eigenvalue weighted by Gasteiger charge is 2.32. The molecule has 1 aromatic carbocycles. The molecule has 8 nitrogen and oxygen atoms in total. The molecule has 0 radical (unpaired) electrons. The lowest BCUT2D eigenvalue weighted by atomic mass is 9.94. The third kappa shape index (κ3) is 8.65. The van der Waals surface area contributed by atoms with Crippen molar-refractivity contribution in [3.05, 3.63) is 35.9 Å². The van der Waals surface area contributed by atoms with Crippen molar-refractivity contribution in [1.29, 1.82) is 0 Å². The first-order valence-electron chi connectivity index (χ1n) is 8.87. The molecule has 0 fully saturated rings. The first kappa shape index (κ1) is 22.6. The highest BCUT2D eigenvalue weighted by atomic mass is 16.5. The molecule has 0 aliphatic rings. The zero-order valence-electron chi connectivity index (χ0n) is 15.6. The Hall–Kier alpha value is -2.45. The Morgan fingerprint density at radius 1 is 1.15 bits per heavy atom. The summed E-state index contributed by atoms with van der Waals surface area (Å²) in [6, 6.07) is 6.81. The lowest BCUT2D eigenvalue weighted by molar-refractivity contribution is -0.141. The van der Waals surface area contributed by atoms with Gasteiger partial charge in [-0.25, -0.2) is 4.79 Å². The van der Waals surface area contributed by atoms with Crippen LogP contribution in [0.15, 0.2) is 30.3 Å². The first-order valence-corrected chi connectivity index (χ1v) is 8.87. The molecule has 0 aromatic heterocycles. The highest BCUT2D eigenvalue weighted by molar-refractivity contribution is 5.91. The van der Waals surface area contributed by atoms with Gasteiger partial charge in [-0.05, 0) is 24.3 Å². The standard InChI is InChI=1S/C19H28N2O6/c1-12(2)8-9-15(18(25)17(24)14(20)10-16(22)23)21-19(26)27-11-13-6-4-3-5-7-13/h3-7,12,14-15,18,25H,8-11,20H2,1-2H3,(H,21,26)(H,22,23)/t14-,15?,18?/m0/s1. The summed E-state index contributed by atoms with van der Waals surface area (Å²) in [6.45, 7) is 3.98. The minimum absolute atomic E-state index is 0.0478. The van der Waals surface area contributed by atoms with Crippen LogP contribution in [0.1, 0.15) is 38.7 Å². The van der Waals surface area contributed by atoms with Gasteiger partial charge in [0.15, 0.2) is 5.78 Å². The number of aliphatic hydroxyl groups excluding tert-OH is 1. The Morgan fingerprint density at radius 2 is 1.78 bits per heavy atom. The van der Waals surface area contributed by atoms with Gasteiger partial charge in [-0.3, -0.25) is 9.59 Å². The number of nitrogens with one attached hydrogen (secondary N) is 1. The summed E-state index contributed by atoms with van der Waals surface area (Å²) in [5.74, 6) is -1.78. The smallest absolute Gasteiger partial charge is 0.407 e. The number of Topliss-reactive ketones (excluding diaryl/α,β-unsaturated/α-hetero) is 1. The Balaban J connectivity index is 2.69. The second kappa shape index (κ2) is 11.3. The van der Waals surface area contributed by atoms with Crippen molar-refractivity contribution < 1.29 is 29.3 Å². The van der Waals surface area contributed by atoms with Gasteiger partial charge in [-0.2, -0.15) is 0 Å². The molecule has 27 heavy (non-hydrogen) atoms. The fourth-order valence-corrected chi connectivity index (χ4v) is 2.44. The molecule has 150 valence electrons. The Labute approximate surface area is 158 Å². The molecule has 0 bridgehead atoms. The summed E-state index contributed by atoms with van der Waals surface area (Å²) in [7, 11) is 0. The van der Waals surface area contributed by atoms with Crippen LogP contribution in [0, 0.1) is 5.92 Å². The molecule has 1 rings (SSSR count). The first-order chi connectivity index (χ1) is 12.7. The summed E-state index contributed by atoms with van der Waals surface area (Å²) in [6.07, 6.45) is -2.01. The number of rotatable bonds is 11. The van der Waals surface area contributed by atoms with E-state index >= 15 is 0 Å². The molecule has 1 aromatic rings. The zero-order valence-corrected chi connectivity index (χ0v) is 15.6. The van der Waals surface area contributed by atoms with E-state index in [2.05, 4.69) is 5.32 Å². The monoisotopic (exact) mass is 380 g/mol. The van der Waals surface area contributed by atoms with Crippen LogP contribution in [0.5, 0.6) is 0 Å². The van der Waals surface area contributed by atoms with E-state index in [-0.39, 0.29) is 12.5 Å². The number of carbonyl (C=O) groups is 3. The molecular weight excluding hydrogens is 352 g/mol. The summed E-state index contributed by atoms with van der Waals surface area (Å²) < 4.78 is 5.12. The van der Waals surface area contributed by atoms with Crippen LogP contribution in [0.25, 0.3) is 0 Å².